The predicted molar refractivity (Wildman–Crippen MR) is 263 cm³/mol. The molecule has 12 aromatic rings. The van der Waals surface area contributed by atoms with E-state index in [0.717, 1.165) is 21.9 Å². The summed E-state index contributed by atoms with van der Waals surface area (Å²) in [5.74, 6) is 0. The van der Waals surface area contributed by atoms with Gasteiger partial charge in [-0.1, -0.05) is 184 Å². The van der Waals surface area contributed by atoms with E-state index in [9.17, 15) is 0 Å². The van der Waals surface area contributed by atoms with Gasteiger partial charge in [0.15, 0.2) is 0 Å². The van der Waals surface area contributed by atoms with E-state index in [1.165, 1.54) is 110 Å². The first-order valence-corrected chi connectivity index (χ1v) is 21.7. The van der Waals surface area contributed by atoms with Crippen LogP contribution >= 0.6 is 0 Å². The Bertz CT molecular complexity index is 3780. The third kappa shape index (κ3) is 5.09. The Morgan fingerprint density at radius 3 is 1.55 bits per heavy atom. The Balaban J connectivity index is 0.974. The quantitative estimate of drug-likeness (QED) is 0.162. The second kappa shape index (κ2) is 13.1. The molecule has 0 saturated heterocycles. The van der Waals surface area contributed by atoms with Crippen LogP contribution in [0.5, 0.6) is 0 Å². The molecule has 11 aromatic carbocycles. The Hall–Kier alpha value is -7.74. The second-order valence-corrected chi connectivity index (χ2v) is 17.6. The van der Waals surface area contributed by atoms with Gasteiger partial charge < -0.3 is 4.42 Å². The Labute approximate surface area is 360 Å². The van der Waals surface area contributed by atoms with Crippen LogP contribution in [0.4, 0.5) is 0 Å². The van der Waals surface area contributed by atoms with Crippen molar-refractivity contribution >= 4 is 65.0 Å². The van der Waals surface area contributed by atoms with Crippen LogP contribution in [0.1, 0.15) is 25.0 Å². The molecule has 1 aliphatic rings. The van der Waals surface area contributed by atoms with Crippen LogP contribution in [0.25, 0.3) is 121 Å². The molecule has 1 aromatic heterocycles. The van der Waals surface area contributed by atoms with Crippen molar-refractivity contribution in [3.63, 3.8) is 0 Å². The smallest absolute Gasteiger partial charge is 0.135 e. The molecule has 13 rings (SSSR count). The number of fused-ring (bicyclic) bond motifs is 11. The Morgan fingerprint density at radius 1 is 0.306 bits per heavy atom. The molecule has 0 unspecified atom stereocenters. The molecule has 0 atom stereocenters. The van der Waals surface area contributed by atoms with Gasteiger partial charge in [0.1, 0.15) is 11.2 Å². The average Bonchev–Trinajstić information content (AvgIpc) is 3.80. The molecule has 0 N–H and O–H groups in total. The predicted octanol–water partition coefficient (Wildman–Crippen LogP) is 17.2. The van der Waals surface area contributed by atoms with Crippen molar-refractivity contribution in [2.75, 3.05) is 0 Å². The summed E-state index contributed by atoms with van der Waals surface area (Å²) < 4.78 is 6.56. The van der Waals surface area contributed by atoms with Crippen LogP contribution < -0.4 is 0 Å². The lowest BCUT2D eigenvalue weighted by atomic mass is 9.80. The topological polar surface area (TPSA) is 13.1 Å². The van der Waals surface area contributed by atoms with Crippen molar-refractivity contribution < 1.29 is 4.42 Å². The van der Waals surface area contributed by atoms with Crippen molar-refractivity contribution in [1.29, 1.82) is 0 Å². The molecule has 0 spiro atoms. The summed E-state index contributed by atoms with van der Waals surface area (Å²) >= 11 is 0. The third-order valence-electron chi connectivity index (χ3n) is 13.8. The summed E-state index contributed by atoms with van der Waals surface area (Å²) in [6.45, 7) is 4.74. The molecular formula is C61H40O. The van der Waals surface area contributed by atoms with E-state index < -0.39 is 0 Å². The van der Waals surface area contributed by atoms with Crippen LogP contribution in [-0.4, -0.2) is 0 Å². The minimum Gasteiger partial charge on any atom is -0.456 e. The summed E-state index contributed by atoms with van der Waals surface area (Å²) in [7, 11) is 0. The van der Waals surface area contributed by atoms with Crippen molar-refractivity contribution in [2.24, 2.45) is 0 Å². The maximum absolute atomic E-state index is 6.56. The van der Waals surface area contributed by atoms with Crippen molar-refractivity contribution in [3.8, 4) is 55.6 Å². The maximum Gasteiger partial charge on any atom is 0.135 e. The summed E-state index contributed by atoms with van der Waals surface area (Å²) in [5.41, 5.74) is 16.9. The van der Waals surface area contributed by atoms with Crippen LogP contribution in [0.2, 0.25) is 0 Å². The first-order chi connectivity index (χ1) is 30.5. The lowest BCUT2D eigenvalue weighted by molar-refractivity contribution is 0.666. The summed E-state index contributed by atoms with van der Waals surface area (Å²) in [4.78, 5) is 0. The highest BCUT2D eigenvalue weighted by Gasteiger charge is 2.37. The third-order valence-corrected chi connectivity index (χ3v) is 13.8. The molecule has 0 amide bonds. The Kier molecular flexibility index (Phi) is 7.42. The van der Waals surface area contributed by atoms with E-state index in [2.05, 4.69) is 220 Å². The first-order valence-electron chi connectivity index (χ1n) is 21.7. The zero-order valence-corrected chi connectivity index (χ0v) is 34.5. The minimum absolute atomic E-state index is 0.0850. The van der Waals surface area contributed by atoms with Crippen LogP contribution in [-0.2, 0) is 5.41 Å². The molecule has 290 valence electrons. The van der Waals surface area contributed by atoms with E-state index in [4.69, 9.17) is 4.42 Å². The molecule has 0 fully saturated rings. The number of furan rings is 1. The monoisotopic (exact) mass is 788 g/mol. The van der Waals surface area contributed by atoms with Gasteiger partial charge in [0.25, 0.3) is 0 Å². The molecular weight excluding hydrogens is 749 g/mol. The zero-order valence-electron chi connectivity index (χ0n) is 34.5. The highest BCUT2D eigenvalue weighted by Crippen LogP contribution is 2.53. The lowest BCUT2D eigenvalue weighted by Gasteiger charge is -2.23. The molecule has 1 nitrogen and oxygen atoms in total. The number of hydrogen-bond donors (Lipinski definition) is 0. The fraction of sp³-hybridized carbons (Fsp3) is 0.0492. The summed E-state index contributed by atoms with van der Waals surface area (Å²) in [6.07, 6.45) is 0. The van der Waals surface area contributed by atoms with Crippen LogP contribution in [0.3, 0.4) is 0 Å². The number of hydrogen-bond acceptors (Lipinski definition) is 1. The maximum atomic E-state index is 6.56. The first kappa shape index (κ1) is 35.1. The molecule has 62 heavy (non-hydrogen) atoms. The van der Waals surface area contributed by atoms with Gasteiger partial charge in [-0.25, -0.2) is 0 Å². The fourth-order valence-electron chi connectivity index (χ4n) is 10.9. The van der Waals surface area contributed by atoms with Crippen LogP contribution in [0, 0.1) is 0 Å². The largest absolute Gasteiger partial charge is 0.456 e. The van der Waals surface area contributed by atoms with Gasteiger partial charge >= 0.3 is 0 Å². The molecule has 0 aliphatic heterocycles. The van der Waals surface area contributed by atoms with Gasteiger partial charge in [0.2, 0.25) is 0 Å². The second-order valence-electron chi connectivity index (χ2n) is 17.6. The van der Waals surface area contributed by atoms with Gasteiger partial charge in [-0.05, 0) is 146 Å². The highest BCUT2D eigenvalue weighted by molar-refractivity contribution is 6.23. The summed E-state index contributed by atoms with van der Waals surface area (Å²) in [5, 5.41) is 12.3. The van der Waals surface area contributed by atoms with Gasteiger partial charge in [-0.15, -0.1) is 0 Å². The zero-order chi connectivity index (χ0) is 41.1. The van der Waals surface area contributed by atoms with Gasteiger partial charge in [-0.2, -0.15) is 0 Å². The average molecular weight is 789 g/mol. The van der Waals surface area contributed by atoms with E-state index in [0.29, 0.717) is 0 Å². The van der Waals surface area contributed by atoms with Crippen molar-refractivity contribution in [2.45, 2.75) is 19.3 Å². The van der Waals surface area contributed by atoms with E-state index in [-0.39, 0.29) is 5.41 Å². The molecule has 0 radical (unpaired) electrons. The molecule has 0 saturated carbocycles. The number of rotatable bonds is 4. The highest BCUT2D eigenvalue weighted by atomic mass is 16.3. The molecule has 1 heterocycles. The van der Waals surface area contributed by atoms with Gasteiger partial charge in [0.05, 0.1) is 0 Å². The van der Waals surface area contributed by atoms with Crippen LogP contribution in [0.15, 0.2) is 211 Å². The molecule has 1 aliphatic carbocycles. The van der Waals surface area contributed by atoms with E-state index >= 15 is 0 Å². The van der Waals surface area contributed by atoms with Crippen molar-refractivity contribution in [3.05, 3.63) is 217 Å². The molecule has 1 heteroatoms. The summed E-state index contributed by atoms with van der Waals surface area (Å²) in [6, 6.07) is 76.2. The van der Waals surface area contributed by atoms with Crippen molar-refractivity contribution in [1.82, 2.24) is 0 Å². The number of benzene rings is 11. The Morgan fingerprint density at radius 2 is 0.823 bits per heavy atom. The fourth-order valence-corrected chi connectivity index (χ4v) is 10.9. The van der Waals surface area contributed by atoms with Gasteiger partial charge in [-0.3, -0.25) is 0 Å². The van der Waals surface area contributed by atoms with Gasteiger partial charge in [0, 0.05) is 16.2 Å². The SMILES string of the molecule is CC1(C)c2ccc(-c3ccc4oc5ccc(-c6c7ccccc7c(-c7ccccc7-c7ccc8ccccc8c7)c7ccccc67)cc5c4c3)cc2-c2ccc3ccccc3c21. The standard InChI is InChI=1S/C61H40O/c1-61(2)55-30-26-40(34-52(55)51-29-25-38-14-5-6-17-45(38)60(51)61)41-27-31-56-53(35-41)54-36-43(28-32-57(54)62-56)58-47-19-9-11-21-49(47)59(50-22-12-10-20-48(50)58)46-18-8-7-16-44(46)42-24-23-37-13-3-4-15-39(37)33-42/h3-36H,1-2H3. The van der Waals surface area contributed by atoms with E-state index in [1.54, 1.807) is 0 Å². The van der Waals surface area contributed by atoms with E-state index in [1.807, 2.05) is 0 Å². The minimum atomic E-state index is -0.0850. The molecule has 0 bridgehead atoms. The normalized spacial score (nSPS) is 13.1. The lowest BCUT2D eigenvalue weighted by Crippen LogP contribution is -2.15.